The molecule has 0 unspecified atom stereocenters. The number of aromatic nitrogens is 1. The zero-order valence-electron chi connectivity index (χ0n) is 8.67. The van der Waals surface area contributed by atoms with Gasteiger partial charge in [-0.3, -0.25) is 0 Å². The van der Waals surface area contributed by atoms with Crippen LogP contribution in [-0.4, -0.2) is 4.98 Å². The smallest absolute Gasteiger partial charge is 0.138 e. The summed E-state index contributed by atoms with van der Waals surface area (Å²) in [6, 6.07) is 9.62. The van der Waals surface area contributed by atoms with Crippen molar-refractivity contribution in [3.05, 3.63) is 45.5 Å². The van der Waals surface area contributed by atoms with Crippen LogP contribution in [0.4, 0.5) is 5.82 Å². The number of halogens is 2. The standard InChI is InChI=1S/C12H10BrClN2/c1-7-6-10(11(13)12(15)16-7)8-2-4-9(14)5-3-8/h2-6H,1H3,(H2,15,16). The number of anilines is 1. The average Bonchev–Trinajstić information content (AvgIpc) is 2.25. The van der Waals surface area contributed by atoms with E-state index in [1.165, 1.54) is 0 Å². The maximum absolute atomic E-state index is 5.85. The Kier molecular flexibility index (Phi) is 3.17. The Balaban J connectivity index is 2.59. The molecule has 0 saturated heterocycles. The van der Waals surface area contributed by atoms with Crippen LogP contribution in [-0.2, 0) is 0 Å². The Hall–Kier alpha value is -1.06. The largest absolute Gasteiger partial charge is 0.383 e. The first kappa shape index (κ1) is 11.4. The third-order valence-electron chi connectivity index (χ3n) is 2.27. The van der Waals surface area contributed by atoms with Crippen molar-refractivity contribution in [2.45, 2.75) is 6.92 Å². The third kappa shape index (κ3) is 2.20. The molecule has 0 aliphatic rings. The summed E-state index contributed by atoms with van der Waals surface area (Å²) in [5.74, 6) is 0.505. The van der Waals surface area contributed by atoms with Gasteiger partial charge in [0.15, 0.2) is 0 Å². The molecular weight excluding hydrogens is 288 g/mol. The number of aryl methyl sites for hydroxylation is 1. The lowest BCUT2D eigenvalue weighted by atomic mass is 10.1. The second-order valence-corrected chi connectivity index (χ2v) is 4.75. The minimum absolute atomic E-state index is 0.505. The third-order valence-corrected chi connectivity index (χ3v) is 3.35. The number of benzene rings is 1. The lowest BCUT2D eigenvalue weighted by Gasteiger charge is -2.08. The highest BCUT2D eigenvalue weighted by atomic mass is 79.9. The number of hydrogen-bond acceptors (Lipinski definition) is 2. The van der Waals surface area contributed by atoms with Crippen molar-refractivity contribution in [1.82, 2.24) is 4.98 Å². The summed E-state index contributed by atoms with van der Waals surface area (Å²) >= 11 is 9.30. The first-order valence-electron chi connectivity index (χ1n) is 4.76. The van der Waals surface area contributed by atoms with Gasteiger partial charge in [-0.1, -0.05) is 23.7 Å². The molecule has 1 heterocycles. The lowest BCUT2D eigenvalue weighted by Crippen LogP contribution is -1.95. The monoisotopic (exact) mass is 296 g/mol. The van der Waals surface area contributed by atoms with Crippen LogP contribution in [0, 0.1) is 6.92 Å². The molecule has 2 rings (SSSR count). The van der Waals surface area contributed by atoms with E-state index in [4.69, 9.17) is 17.3 Å². The molecule has 82 valence electrons. The Morgan fingerprint density at radius 3 is 2.50 bits per heavy atom. The second kappa shape index (κ2) is 4.44. The fourth-order valence-electron chi connectivity index (χ4n) is 1.52. The van der Waals surface area contributed by atoms with Gasteiger partial charge in [-0.05, 0) is 46.6 Å². The van der Waals surface area contributed by atoms with E-state index in [1.807, 2.05) is 37.3 Å². The van der Waals surface area contributed by atoms with Crippen molar-refractivity contribution in [3.63, 3.8) is 0 Å². The van der Waals surface area contributed by atoms with Crippen molar-refractivity contribution in [3.8, 4) is 11.1 Å². The first-order valence-corrected chi connectivity index (χ1v) is 5.93. The van der Waals surface area contributed by atoms with Gasteiger partial charge in [0.1, 0.15) is 5.82 Å². The molecule has 0 atom stereocenters. The van der Waals surface area contributed by atoms with E-state index in [-0.39, 0.29) is 0 Å². The van der Waals surface area contributed by atoms with Gasteiger partial charge in [0.05, 0.1) is 4.47 Å². The molecule has 2 nitrogen and oxygen atoms in total. The first-order chi connectivity index (χ1) is 7.58. The van der Waals surface area contributed by atoms with Gasteiger partial charge in [-0.2, -0.15) is 0 Å². The van der Waals surface area contributed by atoms with Crippen molar-refractivity contribution in [2.75, 3.05) is 5.73 Å². The Labute approximate surface area is 108 Å². The van der Waals surface area contributed by atoms with Crippen LogP contribution in [0.15, 0.2) is 34.8 Å². The number of nitrogens with zero attached hydrogens (tertiary/aromatic N) is 1. The SMILES string of the molecule is Cc1cc(-c2ccc(Cl)cc2)c(Br)c(N)n1. The van der Waals surface area contributed by atoms with Gasteiger partial charge in [-0.25, -0.2) is 4.98 Å². The van der Waals surface area contributed by atoms with Crippen LogP contribution in [0.25, 0.3) is 11.1 Å². The molecule has 2 N–H and O–H groups in total. The fraction of sp³-hybridized carbons (Fsp3) is 0.0833. The molecule has 0 amide bonds. The van der Waals surface area contributed by atoms with E-state index in [0.717, 1.165) is 26.3 Å². The molecule has 0 aliphatic heterocycles. The molecule has 1 aromatic carbocycles. The molecule has 0 radical (unpaired) electrons. The van der Waals surface area contributed by atoms with E-state index in [2.05, 4.69) is 20.9 Å². The maximum atomic E-state index is 5.85. The molecule has 0 fully saturated rings. The molecule has 2 aromatic rings. The molecule has 0 saturated carbocycles. The molecule has 0 spiro atoms. The van der Waals surface area contributed by atoms with Crippen molar-refractivity contribution >= 4 is 33.3 Å². The summed E-state index contributed by atoms with van der Waals surface area (Å²) in [6.45, 7) is 1.92. The Morgan fingerprint density at radius 2 is 1.88 bits per heavy atom. The predicted molar refractivity (Wildman–Crippen MR) is 71.5 cm³/mol. The quantitative estimate of drug-likeness (QED) is 0.862. The van der Waals surface area contributed by atoms with Crippen LogP contribution in [0.5, 0.6) is 0 Å². The second-order valence-electron chi connectivity index (χ2n) is 3.52. The van der Waals surface area contributed by atoms with Crippen molar-refractivity contribution in [2.24, 2.45) is 0 Å². The van der Waals surface area contributed by atoms with Gasteiger partial charge in [0, 0.05) is 16.3 Å². The maximum Gasteiger partial charge on any atom is 0.138 e. The average molecular weight is 298 g/mol. The molecule has 0 bridgehead atoms. The van der Waals surface area contributed by atoms with Crippen LogP contribution in [0.2, 0.25) is 5.02 Å². The number of rotatable bonds is 1. The minimum Gasteiger partial charge on any atom is -0.383 e. The topological polar surface area (TPSA) is 38.9 Å². The zero-order valence-corrected chi connectivity index (χ0v) is 11.0. The van der Waals surface area contributed by atoms with Gasteiger partial charge < -0.3 is 5.73 Å². The highest BCUT2D eigenvalue weighted by Crippen LogP contribution is 2.32. The zero-order chi connectivity index (χ0) is 11.7. The Morgan fingerprint density at radius 1 is 1.25 bits per heavy atom. The van der Waals surface area contributed by atoms with Gasteiger partial charge in [0.25, 0.3) is 0 Å². The summed E-state index contributed by atoms with van der Waals surface area (Å²) in [5, 5.41) is 0.721. The minimum atomic E-state index is 0.505. The summed E-state index contributed by atoms with van der Waals surface area (Å²) in [4.78, 5) is 4.18. The number of pyridine rings is 1. The van der Waals surface area contributed by atoms with Crippen LogP contribution in [0.3, 0.4) is 0 Å². The van der Waals surface area contributed by atoms with E-state index in [1.54, 1.807) is 0 Å². The van der Waals surface area contributed by atoms with E-state index < -0.39 is 0 Å². The number of hydrogen-bond donors (Lipinski definition) is 1. The summed E-state index contributed by atoms with van der Waals surface area (Å²) < 4.78 is 0.820. The fourth-order valence-corrected chi connectivity index (χ4v) is 2.08. The van der Waals surface area contributed by atoms with Gasteiger partial charge in [0.2, 0.25) is 0 Å². The molecule has 16 heavy (non-hydrogen) atoms. The van der Waals surface area contributed by atoms with Gasteiger partial charge in [-0.15, -0.1) is 0 Å². The summed E-state index contributed by atoms with van der Waals surface area (Å²) in [6.07, 6.45) is 0. The molecular formula is C12H10BrClN2. The summed E-state index contributed by atoms with van der Waals surface area (Å²) in [5.41, 5.74) is 8.79. The van der Waals surface area contributed by atoms with Crippen LogP contribution >= 0.6 is 27.5 Å². The number of nitrogen functional groups attached to an aromatic ring is 1. The molecule has 0 aliphatic carbocycles. The highest BCUT2D eigenvalue weighted by Gasteiger charge is 2.08. The Bertz CT molecular complexity index is 523. The number of nitrogens with two attached hydrogens (primary N) is 1. The van der Waals surface area contributed by atoms with E-state index >= 15 is 0 Å². The highest BCUT2D eigenvalue weighted by molar-refractivity contribution is 9.10. The predicted octanol–water partition coefficient (Wildman–Crippen LogP) is 4.06. The van der Waals surface area contributed by atoms with Crippen molar-refractivity contribution in [1.29, 1.82) is 0 Å². The van der Waals surface area contributed by atoms with Gasteiger partial charge >= 0.3 is 0 Å². The summed E-state index contributed by atoms with van der Waals surface area (Å²) in [7, 11) is 0. The lowest BCUT2D eigenvalue weighted by molar-refractivity contribution is 1.20. The van der Waals surface area contributed by atoms with E-state index in [0.29, 0.717) is 5.82 Å². The van der Waals surface area contributed by atoms with E-state index in [9.17, 15) is 0 Å². The normalized spacial score (nSPS) is 10.4. The van der Waals surface area contributed by atoms with Crippen molar-refractivity contribution < 1.29 is 0 Å². The van der Waals surface area contributed by atoms with Crippen LogP contribution < -0.4 is 5.73 Å². The van der Waals surface area contributed by atoms with Crippen LogP contribution in [0.1, 0.15) is 5.69 Å². The molecule has 1 aromatic heterocycles. The molecule has 4 heteroatoms.